The molecule has 3 aliphatic rings. The Kier molecular flexibility index (Phi) is 6.43. The molecule has 1 fully saturated rings. The number of ketones is 2. The number of rotatable bonds is 4. The van der Waals surface area contributed by atoms with E-state index in [1.165, 1.54) is 0 Å². The first-order chi connectivity index (χ1) is 14.2. The van der Waals surface area contributed by atoms with Gasteiger partial charge in [-0.1, -0.05) is 79.7 Å². The van der Waals surface area contributed by atoms with Crippen LogP contribution in [0.4, 0.5) is 0 Å². The van der Waals surface area contributed by atoms with Gasteiger partial charge in [0, 0.05) is 22.3 Å². The van der Waals surface area contributed by atoms with Crippen molar-refractivity contribution in [3.63, 3.8) is 0 Å². The molecule has 31 heavy (non-hydrogen) atoms. The molecular formula is C27H38O2S2. The minimum atomic E-state index is -0.394. The molecule has 0 aromatic heterocycles. The Balaban J connectivity index is 2.39. The Morgan fingerprint density at radius 2 is 0.774 bits per heavy atom. The van der Waals surface area contributed by atoms with E-state index >= 15 is 0 Å². The van der Waals surface area contributed by atoms with Gasteiger partial charge in [-0.05, 0) is 37.5 Å². The van der Waals surface area contributed by atoms with E-state index in [1.54, 1.807) is 0 Å². The Morgan fingerprint density at radius 3 is 0.968 bits per heavy atom. The first-order valence-corrected chi connectivity index (χ1v) is 13.2. The summed E-state index contributed by atoms with van der Waals surface area (Å²) in [6.45, 7) is 21.4. The standard InChI is InChI=1S/C27H38O2S2/c1-15(2)19-11-26(12-20(16(3)4)23(19)28)27(31-25(9,10)30-26)13-21(17(5)6)24(29)22(14-27)18(7)8/h11-18H,1-10H3. The van der Waals surface area contributed by atoms with Crippen LogP contribution in [0.5, 0.6) is 0 Å². The van der Waals surface area contributed by atoms with Crippen LogP contribution in [0.3, 0.4) is 0 Å². The van der Waals surface area contributed by atoms with Crippen molar-refractivity contribution in [3.05, 3.63) is 46.6 Å². The van der Waals surface area contributed by atoms with Crippen LogP contribution in [-0.4, -0.2) is 25.1 Å². The van der Waals surface area contributed by atoms with Gasteiger partial charge in [-0.15, -0.1) is 23.5 Å². The smallest absolute Gasteiger partial charge is 0.184 e. The number of Topliss-reactive ketones (excluding diaryl/α,β-unsaturated/α-hetero) is 2. The van der Waals surface area contributed by atoms with E-state index in [1.807, 2.05) is 23.5 Å². The average Bonchev–Trinajstić information content (AvgIpc) is 2.83. The van der Waals surface area contributed by atoms with Crippen LogP contribution < -0.4 is 0 Å². The van der Waals surface area contributed by atoms with Gasteiger partial charge in [0.2, 0.25) is 0 Å². The summed E-state index contributed by atoms with van der Waals surface area (Å²) < 4.78 is -0.848. The maximum absolute atomic E-state index is 13.3. The van der Waals surface area contributed by atoms with Gasteiger partial charge in [0.25, 0.3) is 0 Å². The largest absolute Gasteiger partial charge is 0.289 e. The molecule has 1 aliphatic heterocycles. The summed E-state index contributed by atoms with van der Waals surface area (Å²) >= 11 is 3.85. The topological polar surface area (TPSA) is 34.1 Å². The van der Waals surface area contributed by atoms with Crippen molar-refractivity contribution >= 4 is 35.1 Å². The second-order valence-corrected chi connectivity index (χ2v) is 14.9. The number of hydrogen-bond acceptors (Lipinski definition) is 4. The molecule has 0 amide bonds. The van der Waals surface area contributed by atoms with Crippen molar-refractivity contribution in [2.24, 2.45) is 23.7 Å². The lowest BCUT2D eigenvalue weighted by Gasteiger charge is -2.43. The normalized spacial score (nSPS) is 24.5. The monoisotopic (exact) mass is 458 g/mol. The molecule has 0 aromatic rings. The van der Waals surface area contributed by atoms with E-state index in [0.717, 1.165) is 22.3 Å². The third-order valence-electron chi connectivity index (χ3n) is 6.46. The van der Waals surface area contributed by atoms with E-state index in [2.05, 4.69) is 93.5 Å². The van der Waals surface area contributed by atoms with Crippen molar-refractivity contribution in [1.29, 1.82) is 0 Å². The third kappa shape index (κ3) is 4.08. The maximum Gasteiger partial charge on any atom is 0.184 e. The van der Waals surface area contributed by atoms with E-state index in [-0.39, 0.29) is 39.3 Å². The molecule has 2 aliphatic carbocycles. The third-order valence-corrected chi connectivity index (χ3v) is 9.89. The highest BCUT2D eigenvalue weighted by atomic mass is 32.2. The Morgan fingerprint density at radius 1 is 0.548 bits per heavy atom. The number of allylic oxidation sites excluding steroid dienone is 4. The van der Waals surface area contributed by atoms with Crippen LogP contribution >= 0.6 is 23.5 Å². The summed E-state index contributed by atoms with van der Waals surface area (Å²) in [5, 5.41) is 0. The molecule has 0 unspecified atom stereocenters. The molecule has 1 heterocycles. The zero-order chi connectivity index (χ0) is 23.5. The van der Waals surface area contributed by atoms with E-state index in [9.17, 15) is 9.59 Å². The zero-order valence-corrected chi connectivity index (χ0v) is 22.4. The van der Waals surface area contributed by atoms with Crippen molar-refractivity contribution in [2.75, 3.05) is 0 Å². The molecule has 170 valence electrons. The van der Waals surface area contributed by atoms with E-state index < -0.39 is 9.49 Å². The average molecular weight is 459 g/mol. The Bertz CT molecular complexity index is 793. The summed E-state index contributed by atoms with van der Waals surface area (Å²) in [6.07, 6.45) is 8.99. The summed E-state index contributed by atoms with van der Waals surface area (Å²) in [6, 6.07) is 0. The number of thioether (sulfide) groups is 2. The van der Waals surface area contributed by atoms with Crippen LogP contribution in [0.1, 0.15) is 69.2 Å². The van der Waals surface area contributed by atoms with E-state index in [4.69, 9.17) is 0 Å². The van der Waals surface area contributed by atoms with Gasteiger partial charge in [-0.3, -0.25) is 9.59 Å². The predicted molar refractivity (Wildman–Crippen MR) is 136 cm³/mol. The van der Waals surface area contributed by atoms with Crippen molar-refractivity contribution in [3.8, 4) is 0 Å². The molecule has 0 N–H and O–H groups in total. The molecule has 0 aromatic carbocycles. The number of carbonyl (C=O) groups excluding carboxylic acids is 2. The molecular weight excluding hydrogens is 420 g/mol. The SMILES string of the molecule is CC(C)C1=CC2(C=C(C(C)C)C1=O)SC(C)(C)SC21C=C(C(C)C)C(=O)C(C(C)C)=C1. The fourth-order valence-electron chi connectivity index (χ4n) is 4.88. The van der Waals surface area contributed by atoms with Crippen molar-refractivity contribution in [2.45, 2.75) is 82.8 Å². The van der Waals surface area contributed by atoms with Gasteiger partial charge in [0.15, 0.2) is 11.6 Å². The van der Waals surface area contributed by atoms with Gasteiger partial charge in [-0.25, -0.2) is 0 Å². The second-order valence-electron chi connectivity index (χ2n) is 10.9. The fraction of sp³-hybridized carbons (Fsp3) is 0.630. The molecule has 2 spiro atoms. The van der Waals surface area contributed by atoms with Crippen LogP contribution in [0.25, 0.3) is 0 Å². The van der Waals surface area contributed by atoms with E-state index in [0.29, 0.717) is 0 Å². The van der Waals surface area contributed by atoms with Gasteiger partial charge < -0.3 is 0 Å². The molecule has 2 nitrogen and oxygen atoms in total. The van der Waals surface area contributed by atoms with Gasteiger partial charge >= 0.3 is 0 Å². The Labute approximate surface area is 197 Å². The molecule has 1 saturated heterocycles. The molecule has 0 atom stereocenters. The molecule has 0 bridgehead atoms. The van der Waals surface area contributed by atoms with Crippen LogP contribution in [0.15, 0.2) is 46.6 Å². The number of carbonyl (C=O) groups is 2. The summed E-state index contributed by atoms with van der Waals surface area (Å²) in [4.78, 5) is 26.7. The molecule has 0 radical (unpaired) electrons. The van der Waals surface area contributed by atoms with Crippen LogP contribution in [0, 0.1) is 23.7 Å². The summed E-state index contributed by atoms with van der Waals surface area (Å²) in [5.74, 6) is 1.01. The first-order valence-electron chi connectivity index (χ1n) is 11.6. The second kappa shape index (κ2) is 8.09. The lowest BCUT2D eigenvalue weighted by molar-refractivity contribution is -0.114. The lowest BCUT2D eigenvalue weighted by atomic mass is 9.71. The summed E-state index contributed by atoms with van der Waals surface area (Å²) in [5.41, 5.74) is 3.64. The highest BCUT2D eigenvalue weighted by Gasteiger charge is 2.61. The summed E-state index contributed by atoms with van der Waals surface area (Å²) in [7, 11) is 0. The predicted octanol–water partition coefficient (Wildman–Crippen LogP) is 7.18. The maximum atomic E-state index is 13.3. The Hall–Kier alpha value is -1.00. The van der Waals surface area contributed by atoms with Crippen molar-refractivity contribution < 1.29 is 9.59 Å². The highest BCUT2D eigenvalue weighted by Crippen LogP contribution is 2.69. The van der Waals surface area contributed by atoms with Crippen LogP contribution in [0.2, 0.25) is 0 Å². The quantitative estimate of drug-likeness (QED) is 0.447. The minimum Gasteiger partial charge on any atom is -0.289 e. The highest BCUT2D eigenvalue weighted by molar-refractivity contribution is 8.23. The first kappa shape index (κ1) is 24.6. The van der Waals surface area contributed by atoms with Gasteiger partial charge in [0.1, 0.15) is 0 Å². The van der Waals surface area contributed by atoms with Crippen molar-refractivity contribution in [1.82, 2.24) is 0 Å². The minimum absolute atomic E-state index is 0.0604. The lowest BCUT2D eigenvalue weighted by Crippen LogP contribution is -2.46. The fourth-order valence-corrected chi connectivity index (χ4v) is 9.05. The van der Waals surface area contributed by atoms with Crippen LogP contribution in [-0.2, 0) is 9.59 Å². The molecule has 3 rings (SSSR count). The molecule has 0 saturated carbocycles. The number of hydrogen-bond donors (Lipinski definition) is 0. The van der Waals surface area contributed by atoms with Gasteiger partial charge in [-0.2, -0.15) is 0 Å². The number of fused-ring (bicyclic) bond motifs is 1. The molecule has 4 heteroatoms. The zero-order valence-electron chi connectivity index (χ0n) is 20.8. The van der Waals surface area contributed by atoms with Gasteiger partial charge in [0.05, 0.1) is 13.6 Å².